The smallest absolute Gasteiger partial charge is 0.0785 e. The molecule has 0 aromatic heterocycles. The maximum Gasteiger partial charge on any atom is 0.0785 e. The first-order chi connectivity index (χ1) is 6.20. The third kappa shape index (κ3) is 8.18. The van der Waals surface area contributed by atoms with Crippen LogP contribution in [0.2, 0.25) is 0 Å². The highest BCUT2D eigenvalue weighted by molar-refractivity contribution is 4.59. The fourth-order valence-corrected chi connectivity index (χ4v) is 0.957. The van der Waals surface area contributed by atoms with Crippen LogP contribution in [0.3, 0.4) is 0 Å². The molecule has 0 fully saturated rings. The van der Waals surface area contributed by atoms with Crippen LogP contribution < -0.4 is 5.32 Å². The van der Waals surface area contributed by atoms with E-state index < -0.39 is 0 Å². The van der Waals surface area contributed by atoms with Crippen LogP contribution in [0.15, 0.2) is 0 Å². The van der Waals surface area contributed by atoms with Crippen LogP contribution in [0.1, 0.15) is 13.3 Å². The van der Waals surface area contributed by atoms with Crippen molar-refractivity contribution in [1.29, 1.82) is 0 Å². The van der Waals surface area contributed by atoms with Crippen LogP contribution in [-0.2, 0) is 4.74 Å². The highest BCUT2D eigenvalue weighted by Gasteiger charge is 2.03. The van der Waals surface area contributed by atoms with Crippen molar-refractivity contribution in [2.24, 2.45) is 5.92 Å². The van der Waals surface area contributed by atoms with Crippen LogP contribution in [0, 0.1) is 5.92 Å². The van der Waals surface area contributed by atoms with Crippen LogP contribution in [0.25, 0.3) is 0 Å². The number of hydrogen-bond donors (Lipinski definition) is 3. The summed E-state index contributed by atoms with van der Waals surface area (Å²) in [6, 6.07) is 0. The molecule has 0 radical (unpaired) electrons. The third-order valence-electron chi connectivity index (χ3n) is 1.82. The standard InChI is InChI=1S/C9H21NO3/c1-8(6-11)5-10-4-3-9(12)7-13-2/h8-12H,3-7H2,1-2H3. The summed E-state index contributed by atoms with van der Waals surface area (Å²) >= 11 is 0. The first-order valence-corrected chi connectivity index (χ1v) is 4.69. The van der Waals surface area contributed by atoms with Crippen LogP contribution >= 0.6 is 0 Å². The second-order valence-electron chi connectivity index (χ2n) is 3.39. The van der Waals surface area contributed by atoms with Crippen molar-refractivity contribution in [2.75, 3.05) is 33.4 Å². The Morgan fingerprint density at radius 2 is 2.15 bits per heavy atom. The fraction of sp³-hybridized carbons (Fsp3) is 1.00. The predicted octanol–water partition coefficient (Wildman–Crippen LogP) is -0.398. The van der Waals surface area contributed by atoms with Gasteiger partial charge in [-0.25, -0.2) is 0 Å². The van der Waals surface area contributed by atoms with Gasteiger partial charge in [0, 0.05) is 13.7 Å². The first-order valence-electron chi connectivity index (χ1n) is 4.69. The van der Waals surface area contributed by atoms with E-state index in [4.69, 9.17) is 9.84 Å². The molecule has 4 heteroatoms. The number of nitrogens with one attached hydrogen (secondary N) is 1. The van der Waals surface area contributed by atoms with Gasteiger partial charge >= 0.3 is 0 Å². The van der Waals surface area contributed by atoms with Gasteiger partial charge in [0.05, 0.1) is 12.7 Å². The van der Waals surface area contributed by atoms with E-state index in [-0.39, 0.29) is 18.6 Å². The zero-order chi connectivity index (χ0) is 10.1. The van der Waals surface area contributed by atoms with E-state index in [1.54, 1.807) is 7.11 Å². The Balaban J connectivity index is 3.15. The van der Waals surface area contributed by atoms with Gasteiger partial charge in [-0.15, -0.1) is 0 Å². The Labute approximate surface area is 79.9 Å². The second-order valence-corrected chi connectivity index (χ2v) is 3.39. The van der Waals surface area contributed by atoms with E-state index in [0.717, 1.165) is 13.1 Å². The molecule has 3 N–H and O–H groups in total. The van der Waals surface area contributed by atoms with Crippen LogP contribution in [0.5, 0.6) is 0 Å². The first kappa shape index (κ1) is 12.8. The summed E-state index contributed by atoms with van der Waals surface area (Å²) in [4.78, 5) is 0. The second kappa shape index (κ2) is 8.44. The molecule has 80 valence electrons. The monoisotopic (exact) mass is 191 g/mol. The van der Waals surface area contributed by atoms with Crippen molar-refractivity contribution in [1.82, 2.24) is 5.32 Å². The Morgan fingerprint density at radius 1 is 1.46 bits per heavy atom. The van der Waals surface area contributed by atoms with Crippen LogP contribution in [0.4, 0.5) is 0 Å². The SMILES string of the molecule is COCC(O)CCNCC(C)CO. The molecular weight excluding hydrogens is 170 g/mol. The molecule has 0 saturated heterocycles. The number of hydrogen-bond acceptors (Lipinski definition) is 4. The quantitative estimate of drug-likeness (QED) is 0.457. The van der Waals surface area contributed by atoms with Gasteiger partial charge in [-0.1, -0.05) is 6.92 Å². The zero-order valence-corrected chi connectivity index (χ0v) is 8.49. The van der Waals surface area contributed by atoms with Gasteiger partial charge in [0.25, 0.3) is 0 Å². The summed E-state index contributed by atoms with van der Waals surface area (Å²) in [6.45, 7) is 4.11. The van der Waals surface area contributed by atoms with Crippen molar-refractivity contribution in [3.05, 3.63) is 0 Å². The summed E-state index contributed by atoms with van der Waals surface area (Å²) in [5.41, 5.74) is 0. The highest BCUT2D eigenvalue weighted by atomic mass is 16.5. The minimum Gasteiger partial charge on any atom is -0.396 e. The molecule has 4 nitrogen and oxygen atoms in total. The zero-order valence-electron chi connectivity index (χ0n) is 8.49. The minimum atomic E-state index is -0.387. The molecule has 0 bridgehead atoms. The Kier molecular flexibility index (Phi) is 8.33. The number of ether oxygens (including phenoxy) is 1. The number of aliphatic hydroxyl groups is 2. The van der Waals surface area contributed by atoms with Crippen LogP contribution in [-0.4, -0.2) is 49.7 Å². The number of rotatable bonds is 8. The highest BCUT2D eigenvalue weighted by Crippen LogP contribution is 1.92. The van der Waals surface area contributed by atoms with Gasteiger partial charge in [0.15, 0.2) is 0 Å². The third-order valence-corrected chi connectivity index (χ3v) is 1.82. The average Bonchev–Trinajstić information content (AvgIpc) is 2.12. The van der Waals surface area contributed by atoms with E-state index >= 15 is 0 Å². The molecule has 0 aliphatic rings. The molecule has 13 heavy (non-hydrogen) atoms. The summed E-state index contributed by atoms with van der Waals surface area (Å²) in [7, 11) is 1.57. The normalized spacial score (nSPS) is 15.7. The molecule has 2 atom stereocenters. The van der Waals surface area contributed by atoms with E-state index in [9.17, 15) is 5.11 Å². The average molecular weight is 191 g/mol. The number of methoxy groups -OCH3 is 1. The van der Waals surface area contributed by atoms with Crippen molar-refractivity contribution in [3.8, 4) is 0 Å². The van der Waals surface area contributed by atoms with E-state index in [2.05, 4.69) is 5.32 Å². The molecule has 0 saturated carbocycles. The van der Waals surface area contributed by atoms with Crippen molar-refractivity contribution in [3.63, 3.8) is 0 Å². The molecule has 0 rings (SSSR count). The summed E-state index contributed by atoms with van der Waals surface area (Å²) in [5.74, 6) is 0.277. The van der Waals surface area contributed by atoms with Gasteiger partial charge < -0.3 is 20.3 Å². The molecule has 0 aromatic rings. The molecular formula is C9H21NO3. The van der Waals surface area contributed by atoms with Gasteiger partial charge in [0.1, 0.15) is 0 Å². The lowest BCUT2D eigenvalue weighted by Crippen LogP contribution is -2.27. The maximum absolute atomic E-state index is 9.26. The van der Waals surface area contributed by atoms with Gasteiger partial charge in [0.2, 0.25) is 0 Å². The fourth-order valence-electron chi connectivity index (χ4n) is 0.957. The lowest BCUT2D eigenvalue weighted by Gasteiger charge is -2.12. The molecule has 2 unspecified atom stereocenters. The lowest BCUT2D eigenvalue weighted by molar-refractivity contribution is 0.0592. The Bertz CT molecular complexity index is 111. The van der Waals surface area contributed by atoms with Gasteiger partial charge in [-0.3, -0.25) is 0 Å². The summed E-state index contributed by atoms with van der Waals surface area (Å²) in [5, 5.41) is 21.1. The summed E-state index contributed by atoms with van der Waals surface area (Å²) in [6.07, 6.45) is 0.299. The molecule has 0 aliphatic carbocycles. The van der Waals surface area contributed by atoms with Crippen molar-refractivity contribution < 1.29 is 14.9 Å². The Morgan fingerprint density at radius 3 is 2.69 bits per heavy atom. The molecule has 0 amide bonds. The Hall–Kier alpha value is -0.160. The molecule has 0 aromatic carbocycles. The minimum absolute atomic E-state index is 0.202. The van der Waals surface area contributed by atoms with E-state index in [1.165, 1.54) is 0 Å². The summed E-state index contributed by atoms with van der Waals surface area (Å²) < 4.78 is 4.79. The van der Waals surface area contributed by atoms with E-state index in [1.807, 2.05) is 6.92 Å². The van der Waals surface area contributed by atoms with Crippen molar-refractivity contribution >= 4 is 0 Å². The molecule has 0 aliphatic heterocycles. The largest absolute Gasteiger partial charge is 0.396 e. The van der Waals surface area contributed by atoms with E-state index in [0.29, 0.717) is 13.0 Å². The maximum atomic E-state index is 9.26. The van der Waals surface area contributed by atoms with Gasteiger partial charge in [-0.05, 0) is 25.4 Å². The predicted molar refractivity (Wildman–Crippen MR) is 51.6 cm³/mol. The van der Waals surface area contributed by atoms with Gasteiger partial charge in [-0.2, -0.15) is 0 Å². The molecule has 0 heterocycles. The molecule has 0 spiro atoms. The lowest BCUT2D eigenvalue weighted by atomic mass is 10.2. The topological polar surface area (TPSA) is 61.7 Å². The number of aliphatic hydroxyl groups excluding tert-OH is 2. The van der Waals surface area contributed by atoms with Crippen molar-refractivity contribution in [2.45, 2.75) is 19.4 Å².